The van der Waals surface area contributed by atoms with Gasteiger partial charge in [0.2, 0.25) is 5.82 Å². The van der Waals surface area contributed by atoms with Crippen molar-refractivity contribution in [1.29, 1.82) is 0 Å². The van der Waals surface area contributed by atoms with Crippen LogP contribution < -0.4 is 10.1 Å². The third-order valence-electron chi connectivity index (χ3n) is 5.94. The molecule has 1 atom stereocenters. The maximum Gasteiger partial charge on any atom is 0.330 e. The van der Waals surface area contributed by atoms with Crippen molar-refractivity contribution in [3.63, 3.8) is 0 Å². The molecule has 0 aromatic heterocycles. The quantitative estimate of drug-likeness (QED) is 0.373. The van der Waals surface area contributed by atoms with Crippen LogP contribution in [0.4, 0.5) is 8.78 Å². The van der Waals surface area contributed by atoms with E-state index >= 15 is 0 Å². The van der Waals surface area contributed by atoms with E-state index in [9.17, 15) is 18.7 Å². The summed E-state index contributed by atoms with van der Waals surface area (Å²) in [6.07, 6.45) is 4.51. The average molecular weight is 474 g/mol. The zero-order valence-electron chi connectivity index (χ0n) is 19.9. The third kappa shape index (κ3) is 7.11. The number of hydrogen-bond acceptors (Lipinski definition) is 5. The summed E-state index contributed by atoms with van der Waals surface area (Å²) in [4.78, 5) is 11.5. The maximum atomic E-state index is 14.4. The molecule has 2 aromatic rings. The van der Waals surface area contributed by atoms with Crippen molar-refractivity contribution in [2.75, 3.05) is 19.8 Å². The molecule has 0 radical (unpaired) electrons. The predicted molar refractivity (Wildman–Crippen MR) is 128 cm³/mol. The number of β-amino-alcohol motifs (C(OH)–C–C–N with tert-alkyl or cyclic N) is 1. The molecular formula is C27H33F2NO4. The summed E-state index contributed by atoms with van der Waals surface area (Å²) in [5.74, 6) is -2.68. The first kappa shape index (κ1) is 25.8. The van der Waals surface area contributed by atoms with Crippen LogP contribution in [0.5, 0.6) is 5.75 Å². The van der Waals surface area contributed by atoms with Crippen LogP contribution in [0.15, 0.2) is 42.5 Å². The minimum Gasteiger partial charge on any atom is -0.487 e. The molecule has 0 spiro atoms. The van der Waals surface area contributed by atoms with Crippen molar-refractivity contribution >= 4 is 12.0 Å². The van der Waals surface area contributed by atoms with E-state index in [1.165, 1.54) is 23.3 Å². The number of rotatable bonds is 11. The molecule has 7 heteroatoms. The van der Waals surface area contributed by atoms with Gasteiger partial charge in [-0.2, -0.15) is 4.39 Å². The van der Waals surface area contributed by atoms with Crippen molar-refractivity contribution in [3.8, 4) is 5.75 Å². The molecule has 0 aliphatic heterocycles. The fourth-order valence-corrected chi connectivity index (χ4v) is 4.39. The van der Waals surface area contributed by atoms with Gasteiger partial charge in [0.25, 0.3) is 0 Å². The molecular weight excluding hydrogens is 440 g/mol. The Kier molecular flexibility index (Phi) is 8.80. The molecule has 5 nitrogen and oxygen atoms in total. The first-order valence-corrected chi connectivity index (χ1v) is 11.6. The Morgan fingerprint density at radius 2 is 1.88 bits per heavy atom. The summed E-state index contributed by atoms with van der Waals surface area (Å²) >= 11 is 0. The van der Waals surface area contributed by atoms with E-state index in [0.29, 0.717) is 5.92 Å². The lowest BCUT2D eigenvalue weighted by Crippen LogP contribution is -2.46. The van der Waals surface area contributed by atoms with E-state index < -0.39 is 23.7 Å². The van der Waals surface area contributed by atoms with E-state index in [1.54, 1.807) is 6.92 Å². The SMILES string of the molecule is CCOC(=O)C=Cc1ccc(F)c(F)c1OCC(O)CNC(C)(C)CC1Cc2ccccc2C1. The molecule has 34 heavy (non-hydrogen) atoms. The van der Waals surface area contributed by atoms with Crippen molar-refractivity contribution in [3.05, 3.63) is 70.8 Å². The number of carbonyl (C=O) groups is 1. The number of hydrogen-bond donors (Lipinski definition) is 2. The molecule has 0 saturated heterocycles. The summed E-state index contributed by atoms with van der Waals surface area (Å²) in [6, 6.07) is 10.8. The zero-order chi connectivity index (χ0) is 24.7. The fraction of sp³-hybridized carbons (Fsp3) is 0.444. The highest BCUT2D eigenvalue weighted by Gasteiger charge is 2.28. The molecule has 3 rings (SSSR count). The molecule has 2 N–H and O–H groups in total. The van der Waals surface area contributed by atoms with Crippen LogP contribution in [0.25, 0.3) is 6.08 Å². The summed E-state index contributed by atoms with van der Waals surface area (Å²) in [5.41, 5.74) is 2.77. The van der Waals surface area contributed by atoms with Gasteiger partial charge in [-0.3, -0.25) is 0 Å². The van der Waals surface area contributed by atoms with Gasteiger partial charge in [-0.25, -0.2) is 9.18 Å². The minimum atomic E-state index is -1.17. The van der Waals surface area contributed by atoms with Gasteiger partial charge in [0.05, 0.1) is 6.61 Å². The average Bonchev–Trinajstić information content (AvgIpc) is 3.19. The number of ether oxygens (including phenoxy) is 2. The number of nitrogens with one attached hydrogen (secondary N) is 1. The number of carbonyl (C=O) groups excluding carboxylic acids is 1. The van der Waals surface area contributed by atoms with E-state index in [0.717, 1.165) is 31.4 Å². The fourth-order valence-electron chi connectivity index (χ4n) is 4.39. The second-order valence-electron chi connectivity index (χ2n) is 9.34. The second kappa shape index (κ2) is 11.6. The Bertz CT molecular complexity index is 997. The van der Waals surface area contributed by atoms with Crippen LogP contribution in [0, 0.1) is 17.6 Å². The Hall–Kier alpha value is -2.77. The number of benzene rings is 2. The number of aliphatic hydroxyl groups is 1. The molecule has 0 fully saturated rings. The summed E-state index contributed by atoms with van der Waals surface area (Å²) < 4.78 is 38.3. The highest BCUT2D eigenvalue weighted by molar-refractivity contribution is 5.87. The van der Waals surface area contributed by atoms with E-state index in [1.807, 2.05) is 0 Å². The normalized spacial score (nSPS) is 14.9. The smallest absolute Gasteiger partial charge is 0.330 e. The van der Waals surface area contributed by atoms with Gasteiger partial charge < -0.3 is 19.9 Å². The topological polar surface area (TPSA) is 67.8 Å². The van der Waals surface area contributed by atoms with E-state index in [2.05, 4.69) is 43.4 Å². The Morgan fingerprint density at radius 1 is 1.21 bits per heavy atom. The van der Waals surface area contributed by atoms with Crippen LogP contribution in [-0.4, -0.2) is 42.5 Å². The van der Waals surface area contributed by atoms with Gasteiger partial charge >= 0.3 is 5.97 Å². The van der Waals surface area contributed by atoms with E-state index in [-0.39, 0.29) is 36.6 Å². The van der Waals surface area contributed by atoms with Crippen LogP contribution in [-0.2, 0) is 22.4 Å². The zero-order valence-corrected chi connectivity index (χ0v) is 19.9. The molecule has 1 aliphatic carbocycles. The lowest BCUT2D eigenvalue weighted by atomic mass is 9.88. The summed E-state index contributed by atoms with van der Waals surface area (Å²) in [6.45, 7) is 6.05. The third-order valence-corrected chi connectivity index (χ3v) is 5.94. The molecule has 2 aromatic carbocycles. The molecule has 1 unspecified atom stereocenters. The molecule has 184 valence electrons. The second-order valence-corrected chi connectivity index (χ2v) is 9.34. The van der Waals surface area contributed by atoms with Crippen LogP contribution >= 0.6 is 0 Å². The monoisotopic (exact) mass is 473 g/mol. The summed E-state index contributed by atoms with van der Waals surface area (Å²) in [5, 5.41) is 13.8. The predicted octanol–water partition coefficient (Wildman–Crippen LogP) is 4.45. The minimum absolute atomic E-state index is 0.174. The Balaban J connectivity index is 1.53. The van der Waals surface area contributed by atoms with Gasteiger partial charge in [-0.1, -0.05) is 24.3 Å². The van der Waals surface area contributed by atoms with Crippen LogP contribution in [0.2, 0.25) is 0 Å². The summed E-state index contributed by atoms with van der Waals surface area (Å²) in [7, 11) is 0. The van der Waals surface area contributed by atoms with Gasteiger partial charge in [0, 0.05) is 23.7 Å². The van der Waals surface area contributed by atoms with Crippen molar-refractivity contribution in [1.82, 2.24) is 5.32 Å². The highest BCUT2D eigenvalue weighted by atomic mass is 19.2. The van der Waals surface area contributed by atoms with E-state index in [4.69, 9.17) is 9.47 Å². The van der Waals surface area contributed by atoms with Crippen LogP contribution in [0.3, 0.4) is 0 Å². The number of halogens is 2. The van der Waals surface area contributed by atoms with Crippen molar-refractivity contribution in [2.45, 2.75) is 51.7 Å². The van der Waals surface area contributed by atoms with Gasteiger partial charge in [-0.05, 0) is 75.3 Å². The highest BCUT2D eigenvalue weighted by Crippen LogP contribution is 2.32. The van der Waals surface area contributed by atoms with Crippen molar-refractivity contribution in [2.24, 2.45) is 5.92 Å². The first-order chi connectivity index (χ1) is 16.2. The largest absolute Gasteiger partial charge is 0.487 e. The lowest BCUT2D eigenvalue weighted by Gasteiger charge is -2.30. The number of aliphatic hydroxyl groups excluding tert-OH is 1. The number of fused-ring (bicyclic) bond motifs is 1. The van der Waals surface area contributed by atoms with Gasteiger partial charge in [0.15, 0.2) is 11.6 Å². The molecule has 0 saturated carbocycles. The first-order valence-electron chi connectivity index (χ1n) is 11.6. The van der Waals surface area contributed by atoms with Crippen LogP contribution in [0.1, 0.15) is 43.9 Å². The Morgan fingerprint density at radius 3 is 2.53 bits per heavy atom. The Labute approximate surface area is 199 Å². The van der Waals surface area contributed by atoms with Gasteiger partial charge in [-0.15, -0.1) is 0 Å². The molecule has 0 amide bonds. The van der Waals surface area contributed by atoms with Gasteiger partial charge in [0.1, 0.15) is 12.7 Å². The molecule has 1 aliphatic rings. The standard InChI is InChI=1S/C27H33F2NO4/c1-4-33-24(32)12-10-19-9-11-23(28)25(29)26(19)34-17-22(31)16-30-27(2,3)15-18-13-20-7-5-6-8-21(20)14-18/h5-12,18,22,30-31H,4,13-17H2,1-3H3. The molecule has 0 bridgehead atoms. The maximum absolute atomic E-state index is 14.4. The molecule has 0 heterocycles. The number of esters is 1. The van der Waals surface area contributed by atoms with Crippen molar-refractivity contribution < 1.29 is 28.2 Å². The lowest BCUT2D eigenvalue weighted by molar-refractivity contribution is -0.137.